The molecular weight excluding hydrogens is 442 g/mol. The van der Waals surface area contributed by atoms with E-state index in [9.17, 15) is 0 Å². The molecule has 0 N–H and O–H groups in total. The zero-order valence-corrected chi connectivity index (χ0v) is 19.2. The molecule has 5 nitrogen and oxygen atoms in total. The minimum atomic E-state index is 0.865. The lowest BCUT2D eigenvalue weighted by Gasteiger charge is -2.14. The van der Waals surface area contributed by atoms with Crippen molar-refractivity contribution < 1.29 is 0 Å². The van der Waals surface area contributed by atoms with Crippen LogP contribution >= 0.6 is 0 Å². The predicted octanol–water partition coefficient (Wildman–Crippen LogP) is 7.12. The third-order valence-electron chi connectivity index (χ3n) is 6.58. The van der Waals surface area contributed by atoms with E-state index < -0.39 is 0 Å². The number of aromatic nitrogens is 5. The van der Waals surface area contributed by atoms with E-state index >= 15 is 0 Å². The van der Waals surface area contributed by atoms with E-state index in [0.717, 1.165) is 66.1 Å². The van der Waals surface area contributed by atoms with Gasteiger partial charge in [0.15, 0.2) is 0 Å². The minimum Gasteiger partial charge on any atom is -0.264 e. The number of hydrogen-bond donors (Lipinski definition) is 0. The summed E-state index contributed by atoms with van der Waals surface area (Å²) in [6.45, 7) is 0. The lowest BCUT2D eigenvalue weighted by molar-refractivity contribution is 1.08. The molecule has 0 amide bonds. The number of nitrogens with zero attached hydrogens (tertiary/aromatic N) is 5. The number of hydrogen-bond acceptors (Lipinski definition) is 5. The first-order valence-electron chi connectivity index (χ1n) is 11.7. The standard InChI is InChI=1S/C31H19N5/c1-4-25(18-32-12-1)27-10-9-22(16-28(27)23-7-5-20-11-14-35-36-29(20)17-23)26-15-24-8-6-21-3-2-13-33-30(21)31(24)34-19-26/h1-19H. The molecule has 0 saturated carbocycles. The van der Waals surface area contributed by atoms with Crippen LogP contribution in [0.1, 0.15) is 0 Å². The van der Waals surface area contributed by atoms with Gasteiger partial charge in [-0.3, -0.25) is 15.0 Å². The Morgan fingerprint density at radius 3 is 2.28 bits per heavy atom. The smallest absolute Gasteiger partial charge is 0.0964 e. The van der Waals surface area contributed by atoms with E-state index in [1.165, 1.54) is 0 Å². The molecule has 0 aliphatic carbocycles. The van der Waals surface area contributed by atoms with Crippen molar-refractivity contribution in [3.8, 4) is 33.4 Å². The number of fused-ring (bicyclic) bond motifs is 4. The van der Waals surface area contributed by atoms with Crippen LogP contribution in [-0.4, -0.2) is 25.1 Å². The minimum absolute atomic E-state index is 0.865. The van der Waals surface area contributed by atoms with Crippen molar-refractivity contribution in [2.24, 2.45) is 0 Å². The second-order valence-corrected chi connectivity index (χ2v) is 8.74. The Bertz CT molecular complexity index is 1900. The highest BCUT2D eigenvalue weighted by molar-refractivity contribution is 6.03. The number of rotatable bonds is 3. The van der Waals surface area contributed by atoms with Crippen molar-refractivity contribution in [1.29, 1.82) is 0 Å². The fourth-order valence-electron chi connectivity index (χ4n) is 4.78. The maximum Gasteiger partial charge on any atom is 0.0964 e. The molecular formula is C31H19N5. The molecule has 4 heterocycles. The Morgan fingerprint density at radius 2 is 1.33 bits per heavy atom. The van der Waals surface area contributed by atoms with Gasteiger partial charge < -0.3 is 0 Å². The van der Waals surface area contributed by atoms with Gasteiger partial charge in [-0.1, -0.05) is 48.5 Å². The quantitative estimate of drug-likeness (QED) is 0.262. The van der Waals surface area contributed by atoms with Gasteiger partial charge in [-0.2, -0.15) is 10.2 Å². The molecule has 0 radical (unpaired) electrons. The first-order chi connectivity index (χ1) is 17.8. The van der Waals surface area contributed by atoms with Crippen LogP contribution in [0.25, 0.3) is 66.1 Å². The van der Waals surface area contributed by atoms with Gasteiger partial charge in [0.2, 0.25) is 0 Å². The van der Waals surface area contributed by atoms with Crippen LogP contribution in [0.15, 0.2) is 116 Å². The molecule has 0 spiro atoms. The molecule has 0 unspecified atom stereocenters. The number of benzene rings is 3. The fourth-order valence-corrected chi connectivity index (χ4v) is 4.78. The van der Waals surface area contributed by atoms with Gasteiger partial charge in [-0.25, -0.2) is 0 Å². The van der Waals surface area contributed by atoms with Crippen LogP contribution in [-0.2, 0) is 0 Å². The summed E-state index contributed by atoms with van der Waals surface area (Å²) in [4.78, 5) is 13.7. The molecule has 0 aliphatic heterocycles. The lowest BCUT2D eigenvalue weighted by atomic mass is 9.91. The highest BCUT2D eigenvalue weighted by Crippen LogP contribution is 2.37. The summed E-state index contributed by atoms with van der Waals surface area (Å²) < 4.78 is 0. The topological polar surface area (TPSA) is 64.5 Å². The van der Waals surface area contributed by atoms with E-state index in [2.05, 4.69) is 86.9 Å². The average molecular weight is 462 g/mol. The summed E-state index contributed by atoms with van der Waals surface area (Å²) in [5, 5.41) is 11.6. The summed E-state index contributed by atoms with van der Waals surface area (Å²) >= 11 is 0. The van der Waals surface area contributed by atoms with Crippen LogP contribution in [0.5, 0.6) is 0 Å². The highest BCUT2D eigenvalue weighted by atomic mass is 15.1. The third-order valence-corrected chi connectivity index (χ3v) is 6.58. The molecule has 168 valence electrons. The predicted molar refractivity (Wildman–Crippen MR) is 144 cm³/mol. The first kappa shape index (κ1) is 20.4. The highest BCUT2D eigenvalue weighted by Gasteiger charge is 2.12. The van der Waals surface area contributed by atoms with Gasteiger partial charge in [0.1, 0.15) is 0 Å². The molecule has 5 heteroatoms. The summed E-state index contributed by atoms with van der Waals surface area (Å²) in [6, 6.07) is 29.3. The SMILES string of the molecule is c1cncc(-c2ccc(-c3cnc4c(ccc5cccnc54)c3)cc2-c2ccc3ccnnc3c2)c1. The number of pyridine rings is 3. The molecule has 7 aromatic rings. The molecule has 0 aliphatic rings. The van der Waals surface area contributed by atoms with Crippen molar-refractivity contribution in [2.45, 2.75) is 0 Å². The van der Waals surface area contributed by atoms with Crippen LogP contribution in [0.3, 0.4) is 0 Å². The third kappa shape index (κ3) is 3.46. The van der Waals surface area contributed by atoms with E-state index in [0.29, 0.717) is 0 Å². The van der Waals surface area contributed by atoms with Crippen molar-refractivity contribution in [2.75, 3.05) is 0 Å². The molecule has 0 atom stereocenters. The molecule has 36 heavy (non-hydrogen) atoms. The molecule has 3 aromatic carbocycles. The zero-order chi connectivity index (χ0) is 23.9. The lowest BCUT2D eigenvalue weighted by Crippen LogP contribution is -1.91. The zero-order valence-electron chi connectivity index (χ0n) is 19.2. The monoisotopic (exact) mass is 461 g/mol. The van der Waals surface area contributed by atoms with Crippen molar-refractivity contribution >= 4 is 32.7 Å². The van der Waals surface area contributed by atoms with Gasteiger partial charge in [-0.15, -0.1) is 0 Å². The van der Waals surface area contributed by atoms with Gasteiger partial charge >= 0.3 is 0 Å². The molecule has 7 rings (SSSR count). The Morgan fingerprint density at radius 1 is 0.472 bits per heavy atom. The summed E-state index contributed by atoms with van der Waals surface area (Å²) in [7, 11) is 0. The summed E-state index contributed by atoms with van der Waals surface area (Å²) in [5.74, 6) is 0. The van der Waals surface area contributed by atoms with E-state index in [-0.39, 0.29) is 0 Å². The van der Waals surface area contributed by atoms with Crippen LogP contribution < -0.4 is 0 Å². The molecule has 4 aromatic heterocycles. The summed E-state index contributed by atoms with van der Waals surface area (Å²) in [6.07, 6.45) is 9.16. The second-order valence-electron chi connectivity index (χ2n) is 8.74. The Kier molecular flexibility index (Phi) is 4.71. The van der Waals surface area contributed by atoms with Crippen molar-refractivity contribution in [1.82, 2.24) is 25.1 Å². The van der Waals surface area contributed by atoms with Gasteiger partial charge in [0.25, 0.3) is 0 Å². The van der Waals surface area contributed by atoms with Gasteiger partial charge in [-0.05, 0) is 58.7 Å². The van der Waals surface area contributed by atoms with E-state index in [1.54, 1.807) is 12.4 Å². The van der Waals surface area contributed by atoms with Crippen molar-refractivity contribution in [3.63, 3.8) is 0 Å². The second kappa shape index (κ2) is 8.32. The molecule has 0 fully saturated rings. The Balaban J connectivity index is 1.42. The van der Waals surface area contributed by atoms with E-state index in [1.807, 2.05) is 36.8 Å². The maximum atomic E-state index is 4.82. The maximum absolute atomic E-state index is 4.82. The largest absolute Gasteiger partial charge is 0.264 e. The van der Waals surface area contributed by atoms with Gasteiger partial charge in [0.05, 0.1) is 22.7 Å². The normalized spacial score (nSPS) is 11.3. The van der Waals surface area contributed by atoms with Crippen molar-refractivity contribution in [3.05, 3.63) is 116 Å². The summed E-state index contributed by atoms with van der Waals surface area (Å²) in [5.41, 5.74) is 9.20. The van der Waals surface area contributed by atoms with Crippen LogP contribution in [0, 0.1) is 0 Å². The fraction of sp³-hybridized carbons (Fsp3) is 0. The first-order valence-corrected chi connectivity index (χ1v) is 11.7. The molecule has 0 bridgehead atoms. The van der Waals surface area contributed by atoms with E-state index in [4.69, 9.17) is 4.98 Å². The molecule has 0 saturated heterocycles. The van der Waals surface area contributed by atoms with Crippen LogP contribution in [0.2, 0.25) is 0 Å². The average Bonchev–Trinajstić information content (AvgIpc) is 2.96. The van der Waals surface area contributed by atoms with Crippen LogP contribution in [0.4, 0.5) is 0 Å². The Hall–Kier alpha value is -5.03. The Labute approximate surface area is 207 Å². The van der Waals surface area contributed by atoms with Gasteiger partial charge in [0, 0.05) is 52.1 Å².